The predicted octanol–water partition coefficient (Wildman–Crippen LogP) is 2.05. The van der Waals surface area contributed by atoms with E-state index in [0.29, 0.717) is 31.2 Å². The van der Waals surface area contributed by atoms with E-state index < -0.39 is 11.4 Å². The monoisotopic (exact) mass is 281 g/mol. The molecule has 0 spiro atoms. The highest BCUT2D eigenvalue weighted by atomic mass is 16.4. The van der Waals surface area contributed by atoms with E-state index in [1.165, 1.54) is 0 Å². The third kappa shape index (κ3) is 3.17. The lowest BCUT2D eigenvalue weighted by Gasteiger charge is -2.35. The lowest BCUT2D eigenvalue weighted by atomic mass is 9.80. The van der Waals surface area contributed by atoms with E-state index in [-0.39, 0.29) is 5.41 Å². The van der Waals surface area contributed by atoms with Crippen LogP contribution < -0.4 is 0 Å². The van der Waals surface area contributed by atoms with Crippen molar-refractivity contribution in [3.63, 3.8) is 0 Å². The molecule has 0 radical (unpaired) electrons. The Morgan fingerprint density at radius 2 is 1.95 bits per heavy atom. The van der Waals surface area contributed by atoms with Crippen LogP contribution in [0.15, 0.2) is 4.42 Å². The zero-order valence-electron chi connectivity index (χ0n) is 12.6. The van der Waals surface area contributed by atoms with Crippen LogP contribution in [0.25, 0.3) is 0 Å². The summed E-state index contributed by atoms with van der Waals surface area (Å²) < 4.78 is 5.67. The molecule has 0 aromatic carbocycles. The third-order valence-electron chi connectivity index (χ3n) is 3.94. The van der Waals surface area contributed by atoms with Crippen LogP contribution in [0.4, 0.5) is 0 Å². The third-order valence-corrected chi connectivity index (χ3v) is 3.94. The van der Waals surface area contributed by atoms with Crippen LogP contribution in [0.1, 0.15) is 52.3 Å². The smallest absolute Gasteiger partial charge is 0.309 e. The molecule has 0 bridgehead atoms. The molecule has 1 aromatic rings. The summed E-state index contributed by atoms with van der Waals surface area (Å²) in [5.74, 6) is 0.540. The Morgan fingerprint density at radius 3 is 2.40 bits per heavy atom. The Labute approximate surface area is 119 Å². The fourth-order valence-electron chi connectivity index (χ4n) is 2.23. The fourth-order valence-corrected chi connectivity index (χ4v) is 2.23. The summed E-state index contributed by atoms with van der Waals surface area (Å²) in [6.45, 7) is 10.00. The van der Waals surface area contributed by atoms with Crippen LogP contribution in [0.5, 0.6) is 0 Å². The number of hydrogen-bond donors (Lipinski definition) is 1. The van der Waals surface area contributed by atoms with Crippen LogP contribution in [0.3, 0.4) is 0 Å². The molecule has 0 unspecified atom stereocenters. The summed E-state index contributed by atoms with van der Waals surface area (Å²) in [5, 5.41) is 17.4. The Morgan fingerprint density at radius 1 is 1.35 bits per heavy atom. The minimum Gasteiger partial charge on any atom is -0.481 e. The number of likely N-dealkylation sites (tertiary alicyclic amines) is 1. The van der Waals surface area contributed by atoms with Gasteiger partial charge in [0.2, 0.25) is 11.8 Å². The predicted molar refractivity (Wildman–Crippen MR) is 73.3 cm³/mol. The van der Waals surface area contributed by atoms with Crippen LogP contribution in [0, 0.1) is 5.41 Å². The molecule has 1 N–H and O–H groups in total. The molecular formula is C14H23N3O3. The number of aliphatic carboxylic acids is 1. The summed E-state index contributed by atoms with van der Waals surface area (Å²) >= 11 is 0. The highest BCUT2D eigenvalue weighted by Crippen LogP contribution is 2.31. The van der Waals surface area contributed by atoms with Crippen molar-refractivity contribution in [2.45, 2.75) is 52.5 Å². The topological polar surface area (TPSA) is 79.5 Å². The van der Waals surface area contributed by atoms with E-state index in [2.05, 4.69) is 15.1 Å². The molecule has 1 saturated heterocycles. The van der Waals surface area contributed by atoms with Crippen molar-refractivity contribution >= 4 is 5.97 Å². The molecule has 1 fully saturated rings. The maximum Gasteiger partial charge on any atom is 0.309 e. The van der Waals surface area contributed by atoms with Gasteiger partial charge in [0.1, 0.15) is 0 Å². The molecule has 0 aliphatic carbocycles. The lowest BCUT2D eigenvalue weighted by Crippen LogP contribution is -2.42. The minimum atomic E-state index is -0.704. The minimum absolute atomic E-state index is 0.144. The van der Waals surface area contributed by atoms with Gasteiger partial charge in [0, 0.05) is 5.41 Å². The van der Waals surface area contributed by atoms with E-state index in [1.807, 2.05) is 27.7 Å². The van der Waals surface area contributed by atoms with Crippen molar-refractivity contribution in [1.82, 2.24) is 15.1 Å². The van der Waals surface area contributed by atoms with Crippen LogP contribution in [-0.2, 0) is 16.8 Å². The van der Waals surface area contributed by atoms with Crippen molar-refractivity contribution in [2.24, 2.45) is 5.41 Å². The Bertz CT molecular complexity index is 482. The van der Waals surface area contributed by atoms with Crippen molar-refractivity contribution in [1.29, 1.82) is 0 Å². The number of carboxylic acids is 1. The molecule has 2 rings (SSSR count). The Hall–Kier alpha value is -1.43. The normalized spacial score (nSPS) is 20.0. The van der Waals surface area contributed by atoms with Crippen molar-refractivity contribution < 1.29 is 14.3 Å². The van der Waals surface area contributed by atoms with Crippen LogP contribution in [0.2, 0.25) is 0 Å². The van der Waals surface area contributed by atoms with Gasteiger partial charge in [0.05, 0.1) is 12.0 Å². The molecule has 2 heterocycles. The first kappa shape index (κ1) is 15.0. The second-order valence-electron chi connectivity index (χ2n) is 6.89. The fraction of sp³-hybridized carbons (Fsp3) is 0.786. The van der Waals surface area contributed by atoms with Gasteiger partial charge in [-0.15, -0.1) is 10.2 Å². The number of nitrogens with zero attached hydrogens (tertiary/aromatic N) is 3. The zero-order valence-corrected chi connectivity index (χ0v) is 12.6. The van der Waals surface area contributed by atoms with Gasteiger partial charge in [0.15, 0.2) is 0 Å². The molecule has 20 heavy (non-hydrogen) atoms. The van der Waals surface area contributed by atoms with Gasteiger partial charge < -0.3 is 9.52 Å². The first-order valence-electron chi connectivity index (χ1n) is 6.99. The van der Waals surface area contributed by atoms with Gasteiger partial charge in [0.25, 0.3) is 0 Å². The van der Waals surface area contributed by atoms with E-state index in [1.54, 1.807) is 0 Å². The number of hydrogen-bond acceptors (Lipinski definition) is 5. The lowest BCUT2D eigenvalue weighted by molar-refractivity contribution is -0.150. The largest absolute Gasteiger partial charge is 0.481 e. The average molecular weight is 281 g/mol. The van der Waals surface area contributed by atoms with Gasteiger partial charge in [-0.2, -0.15) is 0 Å². The first-order chi connectivity index (χ1) is 9.21. The molecule has 0 saturated carbocycles. The molecule has 1 aromatic heterocycles. The van der Waals surface area contributed by atoms with Gasteiger partial charge in [-0.1, -0.05) is 20.8 Å². The summed E-state index contributed by atoms with van der Waals surface area (Å²) in [7, 11) is 0. The van der Waals surface area contributed by atoms with Crippen LogP contribution >= 0.6 is 0 Å². The van der Waals surface area contributed by atoms with E-state index in [4.69, 9.17) is 4.42 Å². The maximum atomic E-state index is 11.2. The van der Waals surface area contributed by atoms with E-state index >= 15 is 0 Å². The van der Waals surface area contributed by atoms with Gasteiger partial charge in [-0.3, -0.25) is 9.69 Å². The number of rotatable bonds is 3. The molecular weight excluding hydrogens is 258 g/mol. The summed E-state index contributed by atoms with van der Waals surface area (Å²) in [5.41, 5.74) is -0.739. The van der Waals surface area contributed by atoms with E-state index in [9.17, 15) is 9.90 Å². The SMILES string of the molecule is CC1(C(=O)O)CCN(Cc2nnc(C(C)(C)C)o2)CC1. The molecule has 1 aliphatic heterocycles. The van der Waals surface area contributed by atoms with Crippen molar-refractivity contribution in [3.05, 3.63) is 11.8 Å². The number of piperidine rings is 1. The van der Waals surface area contributed by atoms with Gasteiger partial charge in [-0.05, 0) is 32.9 Å². The quantitative estimate of drug-likeness (QED) is 0.913. The highest BCUT2D eigenvalue weighted by Gasteiger charge is 2.37. The molecule has 112 valence electrons. The number of carboxylic acid groups (broad SMARTS) is 1. The first-order valence-corrected chi connectivity index (χ1v) is 6.99. The molecule has 6 nitrogen and oxygen atoms in total. The zero-order chi connectivity index (χ0) is 15.0. The summed E-state index contributed by atoms with van der Waals surface area (Å²) in [6.07, 6.45) is 1.31. The molecule has 6 heteroatoms. The average Bonchev–Trinajstić information content (AvgIpc) is 2.80. The molecule has 0 amide bonds. The Balaban J connectivity index is 1.93. The molecule has 1 aliphatic rings. The Kier molecular flexibility index (Phi) is 3.86. The van der Waals surface area contributed by atoms with Gasteiger partial charge >= 0.3 is 5.97 Å². The van der Waals surface area contributed by atoms with Crippen molar-refractivity contribution in [2.75, 3.05) is 13.1 Å². The van der Waals surface area contributed by atoms with Crippen molar-refractivity contribution in [3.8, 4) is 0 Å². The number of aromatic nitrogens is 2. The summed E-state index contributed by atoms with van der Waals surface area (Å²) in [4.78, 5) is 13.4. The second kappa shape index (κ2) is 5.16. The summed E-state index contributed by atoms with van der Waals surface area (Å²) in [6, 6.07) is 0. The maximum absolute atomic E-state index is 11.2. The standard InChI is InChI=1S/C14H23N3O3/c1-13(2,3)11-16-15-10(20-11)9-17-7-5-14(4,6-8-17)12(18)19/h5-9H2,1-4H3,(H,18,19). The van der Waals surface area contributed by atoms with Gasteiger partial charge in [-0.25, -0.2) is 0 Å². The second-order valence-corrected chi connectivity index (χ2v) is 6.89. The highest BCUT2D eigenvalue weighted by molar-refractivity contribution is 5.74. The van der Waals surface area contributed by atoms with Crippen LogP contribution in [-0.4, -0.2) is 39.3 Å². The number of carbonyl (C=O) groups is 1. The van der Waals surface area contributed by atoms with E-state index in [0.717, 1.165) is 13.1 Å². The molecule has 0 atom stereocenters.